The Morgan fingerprint density at radius 2 is 1.60 bits per heavy atom. The molecule has 0 saturated carbocycles. The molecule has 1 aliphatic rings. The van der Waals surface area contributed by atoms with Gasteiger partial charge in [0.2, 0.25) is 11.8 Å². The number of carbonyl (C=O) groups is 2. The van der Waals surface area contributed by atoms with Crippen molar-refractivity contribution in [3.8, 4) is 11.5 Å². The number of benzene rings is 3. The van der Waals surface area contributed by atoms with Gasteiger partial charge in [-0.1, -0.05) is 49.4 Å². The van der Waals surface area contributed by atoms with Crippen LogP contribution in [0, 0.1) is 6.92 Å². The second-order valence-corrected chi connectivity index (χ2v) is 11.3. The minimum Gasteiger partial charge on any atom is -0.486 e. The molecule has 0 radical (unpaired) electrons. The van der Waals surface area contributed by atoms with Crippen molar-refractivity contribution in [2.24, 2.45) is 0 Å². The predicted octanol–water partition coefficient (Wildman–Crippen LogP) is 3.91. The van der Waals surface area contributed by atoms with E-state index in [-0.39, 0.29) is 23.0 Å². The first-order valence-corrected chi connectivity index (χ1v) is 14.8. The molecule has 3 aromatic carbocycles. The first-order chi connectivity index (χ1) is 19.3. The fourth-order valence-corrected chi connectivity index (χ4v) is 6.05. The van der Waals surface area contributed by atoms with Crippen LogP contribution in [0.25, 0.3) is 0 Å². The largest absolute Gasteiger partial charge is 0.486 e. The molecule has 0 aliphatic carbocycles. The molecule has 0 aromatic heterocycles. The van der Waals surface area contributed by atoms with Crippen LogP contribution in [-0.4, -0.2) is 57.5 Å². The number of fused-ring (bicyclic) bond motifs is 1. The van der Waals surface area contributed by atoms with E-state index in [2.05, 4.69) is 5.32 Å². The standard InChI is InChI=1S/C30H35N3O6S/c1-4-26(30(35)31-5-2)32(20-23-12-10-9-11-22(23)3)29(34)21-33(40(36,37)25-13-7-6-8-14-25)24-15-16-27-28(19-24)39-18-17-38-27/h6-16,19,26H,4-5,17-18,20-21H2,1-3H3,(H,31,35)/t26-/m0/s1. The Morgan fingerprint density at radius 3 is 2.27 bits per heavy atom. The van der Waals surface area contributed by atoms with Crippen molar-refractivity contribution in [2.75, 3.05) is 30.6 Å². The molecular formula is C30H35N3O6S. The lowest BCUT2D eigenvalue weighted by Gasteiger charge is -2.33. The number of likely N-dealkylation sites (N-methyl/N-ethyl adjacent to an activating group) is 1. The average Bonchev–Trinajstić information content (AvgIpc) is 2.97. The molecule has 1 atom stereocenters. The molecule has 2 amide bonds. The number of ether oxygens (including phenoxy) is 2. The third-order valence-electron chi connectivity index (χ3n) is 6.76. The molecule has 9 nitrogen and oxygen atoms in total. The van der Waals surface area contributed by atoms with Gasteiger partial charge in [0.05, 0.1) is 10.6 Å². The normalized spacial score (nSPS) is 13.3. The van der Waals surface area contributed by atoms with Crippen LogP contribution >= 0.6 is 0 Å². The van der Waals surface area contributed by atoms with Crippen LogP contribution in [-0.2, 0) is 26.2 Å². The van der Waals surface area contributed by atoms with Gasteiger partial charge in [0.15, 0.2) is 11.5 Å². The van der Waals surface area contributed by atoms with Gasteiger partial charge in [0, 0.05) is 19.2 Å². The minimum absolute atomic E-state index is 0.0407. The van der Waals surface area contributed by atoms with E-state index in [1.807, 2.05) is 45.0 Å². The van der Waals surface area contributed by atoms with Crippen molar-refractivity contribution >= 4 is 27.5 Å². The van der Waals surface area contributed by atoms with E-state index >= 15 is 0 Å². The van der Waals surface area contributed by atoms with E-state index in [4.69, 9.17) is 9.47 Å². The van der Waals surface area contributed by atoms with E-state index in [0.717, 1.165) is 15.4 Å². The predicted molar refractivity (Wildman–Crippen MR) is 153 cm³/mol. The Bertz CT molecular complexity index is 1440. The Labute approximate surface area is 235 Å². The number of aryl methyl sites for hydroxylation is 1. The number of carbonyl (C=O) groups excluding carboxylic acids is 2. The fourth-order valence-electron chi connectivity index (χ4n) is 4.62. The highest BCUT2D eigenvalue weighted by atomic mass is 32.2. The van der Waals surface area contributed by atoms with E-state index in [1.54, 1.807) is 36.4 Å². The second kappa shape index (κ2) is 12.9. The molecule has 0 spiro atoms. The molecule has 1 aliphatic heterocycles. The number of hydrogen-bond acceptors (Lipinski definition) is 6. The van der Waals surface area contributed by atoms with Gasteiger partial charge in [-0.2, -0.15) is 0 Å². The first-order valence-electron chi connectivity index (χ1n) is 13.3. The molecule has 1 N–H and O–H groups in total. The number of amides is 2. The molecule has 10 heteroatoms. The van der Waals surface area contributed by atoms with Crippen LogP contribution in [0.15, 0.2) is 77.7 Å². The Morgan fingerprint density at radius 1 is 0.925 bits per heavy atom. The molecule has 0 bridgehead atoms. The molecule has 0 saturated heterocycles. The summed E-state index contributed by atoms with van der Waals surface area (Å²) in [4.78, 5) is 28.7. The van der Waals surface area contributed by atoms with Gasteiger partial charge in [-0.3, -0.25) is 13.9 Å². The van der Waals surface area contributed by atoms with Gasteiger partial charge < -0.3 is 19.7 Å². The highest BCUT2D eigenvalue weighted by Crippen LogP contribution is 2.36. The Kier molecular flexibility index (Phi) is 9.31. The van der Waals surface area contributed by atoms with Gasteiger partial charge in [0.1, 0.15) is 25.8 Å². The summed E-state index contributed by atoms with van der Waals surface area (Å²) >= 11 is 0. The fraction of sp³-hybridized carbons (Fsp3) is 0.333. The van der Waals surface area contributed by atoms with Crippen molar-refractivity contribution in [3.63, 3.8) is 0 Å². The first kappa shape index (κ1) is 28.9. The summed E-state index contributed by atoms with van der Waals surface area (Å²) in [6.07, 6.45) is 0.360. The van der Waals surface area contributed by atoms with E-state index < -0.39 is 28.5 Å². The van der Waals surface area contributed by atoms with Crippen LogP contribution < -0.4 is 19.1 Å². The van der Waals surface area contributed by atoms with E-state index in [1.165, 1.54) is 17.0 Å². The summed E-state index contributed by atoms with van der Waals surface area (Å²) in [5.41, 5.74) is 2.09. The zero-order chi connectivity index (χ0) is 28.7. The zero-order valence-corrected chi connectivity index (χ0v) is 23.8. The van der Waals surface area contributed by atoms with Crippen LogP contribution in [0.3, 0.4) is 0 Å². The topological polar surface area (TPSA) is 105 Å². The monoisotopic (exact) mass is 565 g/mol. The Hall–Kier alpha value is -4.05. The number of nitrogens with one attached hydrogen (secondary N) is 1. The molecule has 0 unspecified atom stereocenters. The Balaban J connectivity index is 1.76. The van der Waals surface area contributed by atoms with Crippen molar-refractivity contribution in [1.29, 1.82) is 0 Å². The van der Waals surface area contributed by atoms with Crippen LogP contribution in [0.1, 0.15) is 31.4 Å². The highest BCUT2D eigenvalue weighted by Gasteiger charge is 2.34. The van der Waals surface area contributed by atoms with Crippen LogP contribution in [0.4, 0.5) is 5.69 Å². The summed E-state index contributed by atoms with van der Waals surface area (Å²) in [5.74, 6) is 0.108. The van der Waals surface area contributed by atoms with E-state index in [0.29, 0.717) is 37.7 Å². The molecule has 0 fully saturated rings. The molecule has 212 valence electrons. The minimum atomic E-state index is -4.16. The van der Waals surface area contributed by atoms with Gasteiger partial charge >= 0.3 is 0 Å². The molecular weight excluding hydrogens is 530 g/mol. The number of rotatable bonds is 11. The van der Waals surface area contributed by atoms with Crippen LogP contribution in [0.5, 0.6) is 11.5 Å². The molecule has 4 rings (SSSR count). The maximum Gasteiger partial charge on any atom is 0.264 e. The average molecular weight is 566 g/mol. The number of nitrogens with zero attached hydrogens (tertiary/aromatic N) is 2. The maximum absolute atomic E-state index is 14.1. The van der Waals surface area contributed by atoms with E-state index in [9.17, 15) is 18.0 Å². The summed E-state index contributed by atoms with van der Waals surface area (Å²) in [6, 6.07) is 19.6. The quantitative estimate of drug-likeness (QED) is 0.378. The lowest BCUT2D eigenvalue weighted by Crippen LogP contribution is -2.52. The molecule has 40 heavy (non-hydrogen) atoms. The van der Waals surface area contributed by atoms with Gasteiger partial charge in [-0.25, -0.2) is 8.42 Å². The highest BCUT2D eigenvalue weighted by molar-refractivity contribution is 7.92. The lowest BCUT2D eigenvalue weighted by molar-refractivity contribution is -0.140. The summed E-state index contributed by atoms with van der Waals surface area (Å²) < 4.78 is 40.3. The van der Waals surface area contributed by atoms with Gasteiger partial charge in [-0.15, -0.1) is 0 Å². The maximum atomic E-state index is 14.1. The SMILES string of the molecule is CCNC(=O)[C@H](CC)N(Cc1ccccc1C)C(=O)CN(c1ccc2c(c1)OCCO2)S(=O)(=O)c1ccccc1. The third-order valence-corrected chi connectivity index (χ3v) is 8.55. The van der Waals surface area contributed by atoms with Crippen molar-refractivity contribution in [2.45, 2.75) is 44.7 Å². The van der Waals surface area contributed by atoms with Crippen molar-refractivity contribution in [1.82, 2.24) is 10.2 Å². The van der Waals surface area contributed by atoms with Gasteiger partial charge in [-0.05, 0) is 55.7 Å². The van der Waals surface area contributed by atoms with Crippen LogP contribution in [0.2, 0.25) is 0 Å². The zero-order valence-electron chi connectivity index (χ0n) is 23.0. The second-order valence-electron chi connectivity index (χ2n) is 9.42. The third kappa shape index (κ3) is 6.39. The number of hydrogen-bond donors (Lipinski definition) is 1. The lowest BCUT2D eigenvalue weighted by atomic mass is 10.1. The van der Waals surface area contributed by atoms with Crippen molar-refractivity contribution in [3.05, 3.63) is 83.9 Å². The molecule has 1 heterocycles. The molecule has 3 aromatic rings. The number of sulfonamides is 1. The number of anilines is 1. The smallest absolute Gasteiger partial charge is 0.264 e. The summed E-state index contributed by atoms with van der Waals surface area (Å²) in [5, 5.41) is 2.81. The van der Waals surface area contributed by atoms with Crippen molar-refractivity contribution < 1.29 is 27.5 Å². The summed E-state index contributed by atoms with van der Waals surface area (Å²) in [6.45, 7) is 6.35. The van der Waals surface area contributed by atoms with Gasteiger partial charge in [0.25, 0.3) is 10.0 Å². The summed E-state index contributed by atoms with van der Waals surface area (Å²) in [7, 11) is -4.16.